The van der Waals surface area contributed by atoms with Crippen LogP contribution in [0, 0.1) is 0 Å². The second kappa shape index (κ2) is 18.9. The zero-order valence-electron chi connectivity index (χ0n) is 22.0. The predicted molar refractivity (Wildman–Crippen MR) is 154 cm³/mol. The smallest absolute Gasteiger partial charge is 0.0132 e. The van der Waals surface area contributed by atoms with Crippen molar-refractivity contribution in [1.29, 1.82) is 0 Å². The van der Waals surface area contributed by atoms with E-state index in [4.69, 9.17) is 0 Å². The van der Waals surface area contributed by atoms with Crippen LogP contribution in [0.4, 0.5) is 0 Å². The highest BCUT2D eigenvalue weighted by Crippen LogP contribution is 2.47. The van der Waals surface area contributed by atoms with Crippen molar-refractivity contribution in [3.05, 3.63) is 9.75 Å². The van der Waals surface area contributed by atoms with Gasteiger partial charge in [0.1, 0.15) is 0 Å². The summed E-state index contributed by atoms with van der Waals surface area (Å²) in [6.07, 6.45) is 25.3. The fourth-order valence-corrected chi connectivity index (χ4v) is 13.4. The summed E-state index contributed by atoms with van der Waals surface area (Å²) in [5.41, 5.74) is 0. The van der Waals surface area contributed by atoms with Gasteiger partial charge in [0.2, 0.25) is 0 Å². The monoisotopic (exact) mass is 484 g/mol. The van der Waals surface area contributed by atoms with Crippen molar-refractivity contribution in [2.45, 2.75) is 131 Å². The van der Waals surface area contributed by atoms with Crippen LogP contribution in [-0.2, 0) is 12.8 Å². The molecule has 0 aliphatic rings. The SMILES string of the molecule is CCCCc1sc(CCCC)c(P(CCCC)CCCC)c1P(CCCC)CCCC. The molecule has 0 atom stereocenters. The van der Waals surface area contributed by atoms with Crippen LogP contribution < -0.4 is 10.6 Å². The van der Waals surface area contributed by atoms with E-state index in [1.54, 1.807) is 0 Å². The summed E-state index contributed by atoms with van der Waals surface area (Å²) in [7, 11) is 0.0887. The van der Waals surface area contributed by atoms with Gasteiger partial charge in [-0.1, -0.05) is 95.9 Å². The molecule has 31 heavy (non-hydrogen) atoms. The third-order valence-electron chi connectivity index (χ3n) is 6.27. The Morgan fingerprint density at radius 2 is 0.742 bits per heavy atom. The highest BCUT2D eigenvalue weighted by Gasteiger charge is 2.28. The van der Waals surface area contributed by atoms with Crippen LogP contribution in [-0.4, -0.2) is 24.6 Å². The fraction of sp³-hybridized carbons (Fsp3) is 0.857. The summed E-state index contributed by atoms with van der Waals surface area (Å²) in [6.45, 7) is 14.3. The Kier molecular flexibility index (Phi) is 18.1. The number of hydrogen-bond donors (Lipinski definition) is 0. The number of thiophene rings is 1. The Bertz CT molecular complexity index is 489. The second-order valence-electron chi connectivity index (χ2n) is 9.24. The van der Waals surface area contributed by atoms with E-state index in [0.29, 0.717) is 0 Å². The average Bonchev–Trinajstić information content (AvgIpc) is 3.14. The van der Waals surface area contributed by atoms with Crippen molar-refractivity contribution in [3.8, 4) is 0 Å². The first-order chi connectivity index (χ1) is 15.2. The van der Waals surface area contributed by atoms with Crippen molar-refractivity contribution < 1.29 is 0 Å². The molecule has 0 aromatic carbocycles. The van der Waals surface area contributed by atoms with Gasteiger partial charge in [0, 0.05) is 9.75 Å². The molecule has 0 radical (unpaired) electrons. The van der Waals surface area contributed by atoms with Crippen LogP contribution in [0.5, 0.6) is 0 Å². The highest BCUT2D eigenvalue weighted by atomic mass is 32.1. The molecule has 1 rings (SSSR count). The Hall–Kier alpha value is 0.560. The fourth-order valence-electron chi connectivity index (χ4n) is 4.24. The van der Waals surface area contributed by atoms with Gasteiger partial charge in [0.05, 0.1) is 0 Å². The molecule has 182 valence electrons. The first-order valence-electron chi connectivity index (χ1n) is 13.8. The zero-order chi connectivity index (χ0) is 22.9. The van der Waals surface area contributed by atoms with Gasteiger partial charge in [-0.3, -0.25) is 0 Å². The van der Waals surface area contributed by atoms with Gasteiger partial charge in [-0.2, -0.15) is 0 Å². The van der Waals surface area contributed by atoms with E-state index in [1.807, 2.05) is 20.4 Å². The molecule has 0 saturated carbocycles. The second-order valence-corrected chi connectivity index (χ2v) is 15.3. The number of aryl methyl sites for hydroxylation is 2. The third kappa shape index (κ3) is 10.6. The van der Waals surface area contributed by atoms with Crippen LogP contribution in [0.3, 0.4) is 0 Å². The molecule has 0 amide bonds. The number of unbranched alkanes of at least 4 members (excludes halogenated alkanes) is 6. The molecular weight excluding hydrogens is 430 g/mol. The molecule has 0 bridgehead atoms. The molecule has 1 heterocycles. The maximum absolute atomic E-state index is 2.39. The number of hydrogen-bond acceptors (Lipinski definition) is 1. The molecule has 0 nitrogen and oxygen atoms in total. The Morgan fingerprint density at radius 1 is 0.452 bits per heavy atom. The lowest BCUT2D eigenvalue weighted by Crippen LogP contribution is -2.27. The van der Waals surface area contributed by atoms with Gasteiger partial charge in [0.15, 0.2) is 0 Å². The molecule has 0 spiro atoms. The first kappa shape index (κ1) is 29.6. The highest BCUT2D eigenvalue weighted by molar-refractivity contribution is 7.73. The van der Waals surface area contributed by atoms with Crippen LogP contribution >= 0.6 is 27.2 Å². The normalized spacial score (nSPS) is 11.9. The molecule has 0 aliphatic carbocycles. The average molecular weight is 485 g/mol. The molecule has 0 N–H and O–H groups in total. The lowest BCUT2D eigenvalue weighted by atomic mass is 10.2. The molecule has 3 heteroatoms. The van der Waals surface area contributed by atoms with Gasteiger partial charge < -0.3 is 0 Å². The summed E-state index contributed by atoms with van der Waals surface area (Å²) < 4.78 is 0. The minimum Gasteiger partial charge on any atom is -0.144 e. The lowest BCUT2D eigenvalue weighted by Gasteiger charge is -2.26. The largest absolute Gasteiger partial charge is 0.144 e. The van der Waals surface area contributed by atoms with E-state index in [0.717, 1.165) is 0 Å². The standard InChI is InChI=1S/C28H54P2S/c1-7-13-19-25-27(29(21-15-9-3)22-16-10-4)28(26(31-25)20-14-8-2)30(23-17-11-5)24-18-12-6/h7-24H2,1-6H3. The van der Waals surface area contributed by atoms with Gasteiger partial charge in [0.25, 0.3) is 0 Å². The maximum Gasteiger partial charge on any atom is 0.0132 e. The van der Waals surface area contributed by atoms with Gasteiger partial charge in [-0.05, 0) is 86.6 Å². The van der Waals surface area contributed by atoms with Crippen LogP contribution in [0.1, 0.15) is 128 Å². The van der Waals surface area contributed by atoms with Gasteiger partial charge >= 0.3 is 0 Å². The molecule has 0 aliphatic heterocycles. The van der Waals surface area contributed by atoms with E-state index in [1.165, 1.54) is 115 Å². The van der Waals surface area contributed by atoms with E-state index < -0.39 is 0 Å². The maximum atomic E-state index is 2.39. The minimum absolute atomic E-state index is 0.0444. The first-order valence-corrected chi connectivity index (χ1v) is 18.1. The number of rotatable bonds is 20. The van der Waals surface area contributed by atoms with Crippen LogP contribution in [0.25, 0.3) is 0 Å². The molecule has 0 fully saturated rings. The lowest BCUT2D eigenvalue weighted by molar-refractivity contribution is 0.804. The molecule has 1 aromatic heterocycles. The summed E-state index contributed by atoms with van der Waals surface area (Å²) in [5, 5.41) is 3.97. The van der Waals surface area contributed by atoms with Crippen LogP contribution in [0.15, 0.2) is 0 Å². The Balaban J connectivity index is 3.52. The van der Waals surface area contributed by atoms with E-state index in [2.05, 4.69) is 52.9 Å². The Morgan fingerprint density at radius 3 is 1.00 bits per heavy atom. The predicted octanol–water partition coefficient (Wildman–Crippen LogP) is 9.85. The van der Waals surface area contributed by atoms with Crippen molar-refractivity contribution in [2.24, 2.45) is 0 Å². The molecular formula is C28H54P2S. The summed E-state index contributed by atoms with van der Waals surface area (Å²) >= 11 is 2.29. The molecule has 1 aromatic rings. The van der Waals surface area contributed by atoms with Crippen molar-refractivity contribution in [3.63, 3.8) is 0 Å². The van der Waals surface area contributed by atoms with E-state index in [-0.39, 0.29) is 15.8 Å². The summed E-state index contributed by atoms with van der Waals surface area (Å²) in [4.78, 5) is 3.70. The summed E-state index contributed by atoms with van der Waals surface area (Å²) in [6, 6.07) is 0. The van der Waals surface area contributed by atoms with Gasteiger partial charge in [-0.25, -0.2) is 0 Å². The van der Waals surface area contributed by atoms with Crippen molar-refractivity contribution in [1.82, 2.24) is 0 Å². The van der Waals surface area contributed by atoms with E-state index >= 15 is 0 Å². The quantitative estimate of drug-likeness (QED) is 0.162. The molecule has 0 unspecified atom stereocenters. The topological polar surface area (TPSA) is 0 Å². The van der Waals surface area contributed by atoms with Crippen molar-refractivity contribution >= 4 is 37.8 Å². The molecule has 0 saturated heterocycles. The van der Waals surface area contributed by atoms with Crippen LogP contribution in [0.2, 0.25) is 0 Å². The van der Waals surface area contributed by atoms with E-state index in [9.17, 15) is 0 Å². The van der Waals surface area contributed by atoms with Gasteiger partial charge in [-0.15, -0.1) is 11.3 Å². The zero-order valence-corrected chi connectivity index (χ0v) is 24.6. The Labute approximate surface area is 203 Å². The third-order valence-corrected chi connectivity index (χ3v) is 13.7. The summed E-state index contributed by atoms with van der Waals surface area (Å²) in [5.74, 6) is 0. The minimum atomic E-state index is 0.0444. The van der Waals surface area contributed by atoms with Crippen molar-refractivity contribution in [2.75, 3.05) is 24.6 Å².